The summed E-state index contributed by atoms with van der Waals surface area (Å²) in [5.41, 5.74) is 1.20. The second-order valence-electron chi connectivity index (χ2n) is 8.75. The van der Waals surface area contributed by atoms with E-state index in [1.54, 1.807) is 0 Å². The van der Waals surface area contributed by atoms with E-state index in [-0.39, 0.29) is 18.2 Å². The number of rotatable bonds is 8. The van der Waals surface area contributed by atoms with E-state index in [1.165, 1.54) is 0 Å². The second kappa shape index (κ2) is 9.15. The van der Waals surface area contributed by atoms with Crippen molar-refractivity contribution in [3.63, 3.8) is 0 Å². The zero-order chi connectivity index (χ0) is 24.4. The van der Waals surface area contributed by atoms with Crippen molar-refractivity contribution in [1.29, 1.82) is 0 Å². The SMILES string of the molecule is CC(Cc1c[nH]c2ccccc12)(NCc1cc2ccccc2o1)C(=O)NCc1cc(=O)c(O)co1. The van der Waals surface area contributed by atoms with E-state index in [0.29, 0.717) is 18.7 Å². The molecule has 8 nitrogen and oxygen atoms in total. The van der Waals surface area contributed by atoms with Gasteiger partial charge in [0.05, 0.1) is 18.6 Å². The number of furan rings is 1. The van der Waals surface area contributed by atoms with Crippen molar-refractivity contribution in [1.82, 2.24) is 15.6 Å². The minimum absolute atomic E-state index is 0.00411. The van der Waals surface area contributed by atoms with E-state index in [1.807, 2.05) is 67.7 Å². The Balaban J connectivity index is 1.39. The molecule has 0 saturated heterocycles. The summed E-state index contributed by atoms with van der Waals surface area (Å²) in [5.74, 6) is 0.216. The van der Waals surface area contributed by atoms with Crippen molar-refractivity contribution in [2.75, 3.05) is 0 Å². The first-order valence-electron chi connectivity index (χ1n) is 11.3. The molecule has 5 rings (SSSR count). The molecule has 178 valence electrons. The van der Waals surface area contributed by atoms with Crippen LogP contribution in [0.15, 0.2) is 86.8 Å². The van der Waals surface area contributed by atoms with Gasteiger partial charge in [0.1, 0.15) is 23.4 Å². The molecule has 0 fully saturated rings. The van der Waals surface area contributed by atoms with Crippen LogP contribution in [0.3, 0.4) is 0 Å². The summed E-state index contributed by atoms with van der Waals surface area (Å²) >= 11 is 0. The van der Waals surface area contributed by atoms with Gasteiger partial charge in [-0.2, -0.15) is 0 Å². The van der Waals surface area contributed by atoms with Crippen molar-refractivity contribution in [2.45, 2.75) is 32.0 Å². The Hall–Kier alpha value is -4.30. The van der Waals surface area contributed by atoms with Crippen LogP contribution in [-0.2, 0) is 24.3 Å². The minimum Gasteiger partial charge on any atom is -0.502 e. The number of para-hydroxylation sites is 2. The highest BCUT2D eigenvalue weighted by Crippen LogP contribution is 2.24. The maximum atomic E-state index is 13.5. The predicted molar refractivity (Wildman–Crippen MR) is 132 cm³/mol. The fourth-order valence-corrected chi connectivity index (χ4v) is 4.19. The smallest absolute Gasteiger partial charge is 0.240 e. The molecule has 5 aromatic rings. The molecule has 8 heteroatoms. The zero-order valence-electron chi connectivity index (χ0n) is 19.1. The molecule has 35 heavy (non-hydrogen) atoms. The van der Waals surface area contributed by atoms with Crippen LogP contribution in [-0.4, -0.2) is 21.5 Å². The lowest BCUT2D eigenvalue weighted by Gasteiger charge is -2.29. The van der Waals surface area contributed by atoms with Gasteiger partial charge >= 0.3 is 0 Å². The first-order valence-corrected chi connectivity index (χ1v) is 11.3. The number of H-pyrrole nitrogens is 1. The number of benzene rings is 2. The van der Waals surface area contributed by atoms with Gasteiger partial charge in [0, 0.05) is 35.0 Å². The molecule has 0 spiro atoms. The van der Waals surface area contributed by atoms with E-state index in [0.717, 1.165) is 39.8 Å². The summed E-state index contributed by atoms with van der Waals surface area (Å²) in [7, 11) is 0. The summed E-state index contributed by atoms with van der Waals surface area (Å²) < 4.78 is 11.2. The summed E-state index contributed by atoms with van der Waals surface area (Å²) in [6.45, 7) is 2.18. The molecule has 4 N–H and O–H groups in total. The van der Waals surface area contributed by atoms with Crippen molar-refractivity contribution < 1.29 is 18.7 Å². The number of aromatic hydroxyl groups is 1. The fourth-order valence-electron chi connectivity index (χ4n) is 4.19. The Kier molecular flexibility index (Phi) is 5.88. The quantitative estimate of drug-likeness (QED) is 0.272. The van der Waals surface area contributed by atoms with E-state index in [2.05, 4.69) is 15.6 Å². The molecule has 0 saturated carbocycles. The lowest BCUT2D eigenvalue weighted by molar-refractivity contribution is -0.127. The van der Waals surface area contributed by atoms with Crippen LogP contribution in [0.5, 0.6) is 5.75 Å². The highest BCUT2D eigenvalue weighted by atomic mass is 16.4. The van der Waals surface area contributed by atoms with Gasteiger partial charge in [-0.1, -0.05) is 36.4 Å². The van der Waals surface area contributed by atoms with Crippen LogP contribution in [0.4, 0.5) is 0 Å². The van der Waals surface area contributed by atoms with Crippen LogP contribution < -0.4 is 16.1 Å². The highest BCUT2D eigenvalue weighted by Gasteiger charge is 2.34. The van der Waals surface area contributed by atoms with E-state index in [9.17, 15) is 14.7 Å². The molecule has 0 aliphatic rings. The molecule has 0 bridgehead atoms. The number of carbonyl (C=O) groups is 1. The Labute approximate surface area is 200 Å². The molecule has 0 aliphatic carbocycles. The van der Waals surface area contributed by atoms with Gasteiger partial charge in [0.15, 0.2) is 5.75 Å². The van der Waals surface area contributed by atoms with Gasteiger partial charge in [-0.15, -0.1) is 0 Å². The summed E-state index contributed by atoms with van der Waals surface area (Å²) in [5, 5.41) is 17.7. The number of hydrogen-bond acceptors (Lipinski definition) is 6. The van der Waals surface area contributed by atoms with Gasteiger partial charge < -0.3 is 24.2 Å². The third kappa shape index (κ3) is 4.69. The first kappa shape index (κ1) is 22.5. The van der Waals surface area contributed by atoms with Gasteiger partial charge in [-0.05, 0) is 30.7 Å². The Morgan fingerprint density at radius 1 is 1.06 bits per heavy atom. The fraction of sp³-hybridized carbons (Fsp3) is 0.185. The molecular formula is C27H25N3O5. The maximum Gasteiger partial charge on any atom is 0.240 e. The van der Waals surface area contributed by atoms with Gasteiger partial charge in [0.25, 0.3) is 0 Å². The Bertz CT molecular complexity index is 1530. The summed E-state index contributed by atoms with van der Waals surface area (Å²) in [4.78, 5) is 28.4. The molecule has 3 aromatic heterocycles. The monoisotopic (exact) mass is 471 g/mol. The molecule has 0 aliphatic heterocycles. The average molecular weight is 472 g/mol. The number of carbonyl (C=O) groups excluding carboxylic acids is 1. The van der Waals surface area contributed by atoms with E-state index < -0.39 is 16.7 Å². The molecule has 1 unspecified atom stereocenters. The van der Waals surface area contributed by atoms with Crippen molar-refractivity contribution in [3.05, 3.63) is 100 Å². The zero-order valence-corrected chi connectivity index (χ0v) is 19.1. The number of fused-ring (bicyclic) bond motifs is 2. The van der Waals surface area contributed by atoms with E-state index >= 15 is 0 Å². The van der Waals surface area contributed by atoms with Crippen molar-refractivity contribution in [2.24, 2.45) is 0 Å². The van der Waals surface area contributed by atoms with Gasteiger partial charge in [-0.25, -0.2) is 0 Å². The van der Waals surface area contributed by atoms with E-state index in [4.69, 9.17) is 8.83 Å². The maximum absolute atomic E-state index is 13.5. The van der Waals surface area contributed by atoms with Crippen LogP contribution in [0.1, 0.15) is 24.0 Å². The van der Waals surface area contributed by atoms with Crippen LogP contribution >= 0.6 is 0 Å². The lowest BCUT2D eigenvalue weighted by atomic mass is 9.91. The number of aromatic nitrogens is 1. The number of aromatic amines is 1. The van der Waals surface area contributed by atoms with Crippen LogP contribution in [0.2, 0.25) is 0 Å². The molecule has 1 amide bonds. The number of hydrogen-bond donors (Lipinski definition) is 4. The van der Waals surface area contributed by atoms with Gasteiger partial charge in [0.2, 0.25) is 11.3 Å². The Morgan fingerprint density at radius 2 is 1.86 bits per heavy atom. The van der Waals surface area contributed by atoms with Crippen molar-refractivity contribution >= 4 is 27.8 Å². The summed E-state index contributed by atoms with van der Waals surface area (Å²) in [6.07, 6.45) is 3.29. The Morgan fingerprint density at radius 3 is 2.69 bits per heavy atom. The molecule has 3 heterocycles. The topological polar surface area (TPSA) is 120 Å². The highest BCUT2D eigenvalue weighted by molar-refractivity contribution is 5.88. The lowest BCUT2D eigenvalue weighted by Crippen LogP contribution is -2.55. The van der Waals surface area contributed by atoms with Crippen molar-refractivity contribution in [3.8, 4) is 5.75 Å². The second-order valence-corrected chi connectivity index (χ2v) is 8.75. The van der Waals surface area contributed by atoms with Gasteiger partial charge in [-0.3, -0.25) is 14.9 Å². The average Bonchev–Trinajstić information content (AvgIpc) is 3.47. The van der Waals surface area contributed by atoms with Crippen LogP contribution in [0.25, 0.3) is 21.9 Å². The number of amides is 1. The largest absolute Gasteiger partial charge is 0.502 e. The number of nitrogens with one attached hydrogen (secondary N) is 3. The molecule has 0 radical (unpaired) electrons. The summed E-state index contributed by atoms with van der Waals surface area (Å²) in [6, 6.07) is 18.8. The third-order valence-corrected chi connectivity index (χ3v) is 6.14. The molecular weight excluding hydrogens is 446 g/mol. The molecule has 2 aromatic carbocycles. The van der Waals surface area contributed by atoms with Crippen LogP contribution in [0, 0.1) is 0 Å². The third-order valence-electron chi connectivity index (χ3n) is 6.14. The first-order chi connectivity index (χ1) is 16.9. The minimum atomic E-state index is -1.01. The predicted octanol–water partition coefficient (Wildman–Crippen LogP) is 3.98. The molecule has 1 atom stereocenters. The normalized spacial score (nSPS) is 13.2. The standard InChI is InChI=1S/C27H25N3O5/c1-27(12-18-13-28-22-8-4-3-7-21(18)22,26(33)29-14-19-11-23(31)24(32)16-34-19)30-15-20-10-17-6-2-5-9-25(17)35-20/h2-11,13,16,28,30,32H,12,14-15H2,1H3,(H,29,33).